The lowest BCUT2D eigenvalue weighted by Crippen LogP contribution is -2.28. The second-order valence-electron chi connectivity index (χ2n) is 3.56. The molecule has 0 spiro atoms. The molecule has 3 nitrogen and oxygen atoms in total. The van der Waals surface area contributed by atoms with E-state index in [0.29, 0.717) is 12.1 Å². The Bertz CT molecular complexity index is 506. The second-order valence-corrected chi connectivity index (χ2v) is 4.35. The van der Waals surface area contributed by atoms with E-state index in [9.17, 15) is 4.79 Å². The average Bonchev–Trinajstić information content (AvgIpc) is 2.72. The highest BCUT2D eigenvalue weighted by Crippen LogP contribution is 2.21. The van der Waals surface area contributed by atoms with Gasteiger partial charge in [-0.1, -0.05) is 34.1 Å². The molecule has 1 heterocycles. The van der Waals surface area contributed by atoms with Crippen molar-refractivity contribution >= 4 is 32.8 Å². The van der Waals surface area contributed by atoms with Crippen molar-refractivity contribution in [1.29, 1.82) is 0 Å². The molecule has 2 aromatic rings. The zero-order valence-electron chi connectivity index (χ0n) is 8.94. The van der Waals surface area contributed by atoms with Gasteiger partial charge in [-0.15, -0.1) is 0 Å². The first kappa shape index (κ1) is 11.2. The monoisotopic (exact) mass is 281 g/mol. The summed E-state index contributed by atoms with van der Waals surface area (Å²) in [5.41, 5.74) is 1.37. The number of carbonyl (C=O) groups is 1. The number of carbonyl (C=O) groups excluding carboxylic acids is 1. The van der Waals surface area contributed by atoms with Crippen molar-refractivity contribution in [2.75, 3.05) is 18.9 Å². The normalized spacial score (nSPS) is 10.6. The van der Waals surface area contributed by atoms with Crippen LogP contribution in [0.2, 0.25) is 0 Å². The number of rotatable bonds is 3. The highest BCUT2D eigenvalue weighted by molar-refractivity contribution is 9.09. The summed E-state index contributed by atoms with van der Waals surface area (Å²) in [6.45, 7) is 0.679. The molecule has 84 valence electrons. The Morgan fingerprint density at radius 2 is 2.19 bits per heavy atom. The Balaban J connectivity index is 2.36. The van der Waals surface area contributed by atoms with Crippen LogP contribution in [0.5, 0.6) is 0 Å². The van der Waals surface area contributed by atoms with E-state index in [1.54, 1.807) is 11.9 Å². The molecular formula is C12H12BrNO2. The summed E-state index contributed by atoms with van der Waals surface area (Å²) in [7, 11) is 1.78. The molecule has 0 N–H and O–H groups in total. The fourth-order valence-electron chi connectivity index (χ4n) is 1.58. The van der Waals surface area contributed by atoms with Gasteiger partial charge in [0.05, 0.1) is 5.56 Å². The standard InChI is InChI=1S/C12H12BrNO2/c1-14(7-6-13)12(15)10-8-16-11-5-3-2-4-9(10)11/h2-5,8H,6-7H2,1H3. The summed E-state index contributed by atoms with van der Waals surface area (Å²) in [5, 5.41) is 1.64. The molecule has 0 radical (unpaired) electrons. The van der Waals surface area contributed by atoms with Gasteiger partial charge in [0.1, 0.15) is 11.8 Å². The average molecular weight is 282 g/mol. The van der Waals surface area contributed by atoms with Gasteiger partial charge in [-0.25, -0.2) is 0 Å². The number of amides is 1. The van der Waals surface area contributed by atoms with Gasteiger partial charge in [0.2, 0.25) is 0 Å². The molecule has 1 aromatic heterocycles. The summed E-state index contributed by atoms with van der Waals surface area (Å²) < 4.78 is 5.34. The Hall–Kier alpha value is -1.29. The third-order valence-corrected chi connectivity index (χ3v) is 2.83. The van der Waals surface area contributed by atoms with Crippen LogP contribution >= 0.6 is 15.9 Å². The summed E-state index contributed by atoms with van der Waals surface area (Å²) >= 11 is 3.31. The number of hydrogen-bond acceptors (Lipinski definition) is 2. The molecule has 0 aliphatic heterocycles. The van der Waals surface area contributed by atoms with Crippen LogP contribution in [0.1, 0.15) is 10.4 Å². The van der Waals surface area contributed by atoms with E-state index >= 15 is 0 Å². The number of benzene rings is 1. The topological polar surface area (TPSA) is 33.5 Å². The number of hydrogen-bond donors (Lipinski definition) is 0. The molecule has 16 heavy (non-hydrogen) atoms. The molecule has 0 atom stereocenters. The van der Waals surface area contributed by atoms with Crippen LogP contribution in [0.3, 0.4) is 0 Å². The van der Waals surface area contributed by atoms with Crippen molar-refractivity contribution in [3.8, 4) is 0 Å². The van der Waals surface area contributed by atoms with Crippen molar-refractivity contribution in [3.63, 3.8) is 0 Å². The van der Waals surface area contributed by atoms with Gasteiger partial charge < -0.3 is 9.32 Å². The predicted octanol–water partition coefficient (Wildman–Crippen LogP) is 2.90. The van der Waals surface area contributed by atoms with E-state index in [1.807, 2.05) is 24.3 Å². The van der Waals surface area contributed by atoms with E-state index in [4.69, 9.17) is 4.42 Å². The van der Waals surface area contributed by atoms with Gasteiger partial charge in [-0.05, 0) is 6.07 Å². The van der Waals surface area contributed by atoms with Gasteiger partial charge in [0.15, 0.2) is 0 Å². The Morgan fingerprint density at radius 3 is 2.94 bits per heavy atom. The molecule has 0 saturated carbocycles. The third-order valence-electron chi connectivity index (χ3n) is 2.48. The predicted molar refractivity (Wildman–Crippen MR) is 67.0 cm³/mol. The number of para-hydroxylation sites is 1. The minimum Gasteiger partial charge on any atom is -0.463 e. The lowest BCUT2D eigenvalue weighted by atomic mass is 10.1. The van der Waals surface area contributed by atoms with Crippen molar-refractivity contribution in [3.05, 3.63) is 36.1 Å². The fraction of sp³-hybridized carbons (Fsp3) is 0.250. The molecule has 1 amide bonds. The van der Waals surface area contributed by atoms with Crippen LogP contribution in [-0.2, 0) is 0 Å². The minimum atomic E-state index is -0.00981. The van der Waals surface area contributed by atoms with Gasteiger partial charge in [-0.3, -0.25) is 4.79 Å². The van der Waals surface area contributed by atoms with Crippen LogP contribution in [0.4, 0.5) is 0 Å². The summed E-state index contributed by atoms with van der Waals surface area (Å²) in [4.78, 5) is 13.7. The SMILES string of the molecule is CN(CCBr)C(=O)c1coc2ccccc12. The van der Waals surface area contributed by atoms with Gasteiger partial charge in [0.25, 0.3) is 5.91 Å². The zero-order chi connectivity index (χ0) is 11.5. The molecule has 0 unspecified atom stereocenters. The highest BCUT2D eigenvalue weighted by atomic mass is 79.9. The molecule has 0 saturated heterocycles. The summed E-state index contributed by atoms with van der Waals surface area (Å²) in [6, 6.07) is 7.55. The van der Waals surface area contributed by atoms with Gasteiger partial charge in [-0.2, -0.15) is 0 Å². The van der Waals surface area contributed by atoms with Crippen molar-refractivity contribution in [2.45, 2.75) is 0 Å². The first-order valence-electron chi connectivity index (χ1n) is 5.01. The lowest BCUT2D eigenvalue weighted by Gasteiger charge is -2.14. The molecule has 1 aromatic carbocycles. The molecule has 0 aliphatic carbocycles. The van der Waals surface area contributed by atoms with E-state index in [0.717, 1.165) is 16.3 Å². The van der Waals surface area contributed by atoms with Crippen LogP contribution in [0.25, 0.3) is 11.0 Å². The van der Waals surface area contributed by atoms with Crippen molar-refractivity contribution < 1.29 is 9.21 Å². The Labute approximate surface area is 102 Å². The molecule has 0 aliphatic rings. The van der Waals surface area contributed by atoms with Gasteiger partial charge in [0, 0.05) is 24.3 Å². The highest BCUT2D eigenvalue weighted by Gasteiger charge is 2.16. The molecule has 4 heteroatoms. The molecule has 0 fully saturated rings. The number of furan rings is 1. The number of fused-ring (bicyclic) bond motifs is 1. The maximum atomic E-state index is 12.1. The quantitative estimate of drug-likeness (QED) is 0.811. The summed E-state index contributed by atoms with van der Waals surface area (Å²) in [5.74, 6) is -0.00981. The van der Waals surface area contributed by atoms with Crippen LogP contribution in [0.15, 0.2) is 34.9 Å². The maximum Gasteiger partial charge on any atom is 0.257 e. The van der Waals surface area contributed by atoms with E-state index in [2.05, 4.69) is 15.9 Å². The Morgan fingerprint density at radius 1 is 1.44 bits per heavy atom. The maximum absolute atomic E-state index is 12.1. The smallest absolute Gasteiger partial charge is 0.257 e. The lowest BCUT2D eigenvalue weighted by molar-refractivity contribution is 0.0805. The zero-order valence-corrected chi connectivity index (χ0v) is 10.5. The van der Waals surface area contributed by atoms with Crippen molar-refractivity contribution in [2.24, 2.45) is 0 Å². The van der Waals surface area contributed by atoms with Crippen LogP contribution < -0.4 is 0 Å². The third kappa shape index (κ3) is 1.97. The van der Waals surface area contributed by atoms with E-state index in [-0.39, 0.29) is 5.91 Å². The van der Waals surface area contributed by atoms with Gasteiger partial charge >= 0.3 is 0 Å². The minimum absolute atomic E-state index is 0.00981. The molecular weight excluding hydrogens is 270 g/mol. The van der Waals surface area contributed by atoms with E-state index < -0.39 is 0 Å². The first-order chi connectivity index (χ1) is 7.74. The first-order valence-corrected chi connectivity index (χ1v) is 6.14. The Kier molecular flexibility index (Phi) is 3.29. The molecule has 0 bridgehead atoms. The van der Waals surface area contributed by atoms with Crippen LogP contribution in [-0.4, -0.2) is 29.7 Å². The number of nitrogens with zero attached hydrogens (tertiary/aromatic N) is 1. The fourth-order valence-corrected chi connectivity index (χ4v) is 2.11. The molecule has 2 rings (SSSR count). The summed E-state index contributed by atoms with van der Waals surface area (Å²) in [6.07, 6.45) is 1.53. The van der Waals surface area contributed by atoms with Crippen molar-refractivity contribution in [1.82, 2.24) is 4.90 Å². The number of alkyl halides is 1. The second kappa shape index (κ2) is 4.70. The largest absolute Gasteiger partial charge is 0.463 e. The van der Waals surface area contributed by atoms with E-state index in [1.165, 1.54) is 6.26 Å². The number of halogens is 1. The van der Waals surface area contributed by atoms with Crippen LogP contribution in [0, 0.1) is 0 Å².